The molecule has 0 aliphatic heterocycles. The Balaban J connectivity index is 2.05. The van der Waals surface area contributed by atoms with Gasteiger partial charge < -0.3 is 9.47 Å². The first kappa shape index (κ1) is 16.5. The van der Waals surface area contributed by atoms with Crippen LogP contribution in [0.5, 0.6) is 0 Å². The standard InChI is InChI=1S/C17H15ClN2O3S/c1-3-23-16(21)13(9-22-2)15-10-24-17-19-14(8-20(15)17)11-4-6-12(18)7-5-11/h4-10H,3H2,1-2H3/b13-9-. The van der Waals surface area contributed by atoms with Crippen LogP contribution in [0.25, 0.3) is 21.8 Å². The predicted octanol–water partition coefficient (Wildman–Crippen LogP) is 4.27. The Morgan fingerprint density at radius 3 is 2.79 bits per heavy atom. The molecule has 5 nitrogen and oxygen atoms in total. The van der Waals surface area contributed by atoms with E-state index in [1.807, 2.05) is 40.2 Å². The van der Waals surface area contributed by atoms with E-state index in [9.17, 15) is 4.79 Å². The number of carbonyl (C=O) groups is 1. The van der Waals surface area contributed by atoms with E-state index in [4.69, 9.17) is 21.1 Å². The Bertz CT molecular complexity index is 896. The van der Waals surface area contributed by atoms with Gasteiger partial charge in [0, 0.05) is 22.2 Å². The highest BCUT2D eigenvalue weighted by molar-refractivity contribution is 7.15. The van der Waals surface area contributed by atoms with Crippen LogP contribution in [0, 0.1) is 0 Å². The molecule has 0 saturated heterocycles. The third-order valence-electron chi connectivity index (χ3n) is 3.36. The molecule has 0 spiro atoms. The molecule has 1 aromatic carbocycles. The van der Waals surface area contributed by atoms with Gasteiger partial charge in [-0.2, -0.15) is 0 Å². The fourth-order valence-electron chi connectivity index (χ4n) is 2.28. The molecule has 0 bridgehead atoms. The van der Waals surface area contributed by atoms with E-state index in [1.54, 1.807) is 6.92 Å². The van der Waals surface area contributed by atoms with Crippen molar-refractivity contribution in [3.8, 4) is 11.3 Å². The number of imidazole rings is 1. The Morgan fingerprint density at radius 1 is 1.38 bits per heavy atom. The second kappa shape index (κ2) is 7.07. The zero-order valence-corrected chi connectivity index (χ0v) is 14.7. The topological polar surface area (TPSA) is 52.8 Å². The van der Waals surface area contributed by atoms with E-state index in [1.165, 1.54) is 24.7 Å². The SMILES string of the molecule is CCOC(=O)/C(=C\OC)c1csc2nc(-c3ccc(Cl)cc3)cn12. The van der Waals surface area contributed by atoms with Crippen molar-refractivity contribution in [2.24, 2.45) is 0 Å². The summed E-state index contributed by atoms with van der Waals surface area (Å²) in [4.78, 5) is 17.6. The van der Waals surface area contributed by atoms with Gasteiger partial charge in [0.25, 0.3) is 0 Å². The summed E-state index contributed by atoms with van der Waals surface area (Å²) in [5, 5.41) is 2.53. The largest absolute Gasteiger partial charge is 0.503 e. The van der Waals surface area contributed by atoms with Crippen molar-refractivity contribution in [1.29, 1.82) is 0 Å². The lowest BCUT2D eigenvalue weighted by atomic mass is 10.2. The van der Waals surface area contributed by atoms with Crippen molar-refractivity contribution in [2.75, 3.05) is 13.7 Å². The zero-order valence-electron chi connectivity index (χ0n) is 13.2. The third-order valence-corrected chi connectivity index (χ3v) is 4.45. The summed E-state index contributed by atoms with van der Waals surface area (Å²) in [6.07, 6.45) is 3.27. The molecule has 0 atom stereocenters. The van der Waals surface area contributed by atoms with Crippen LogP contribution < -0.4 is 0 Å². The number of thiazole rings is 1. The fourth-order valence-corrected chi connectivity index (χ4v) is 3.28. The van der Waals surface area contributed by atoms with Crippen molar-refractivity contribution in [3.63, 3.8) is 0 Å². The number of aromatic nitrogens is 2. The van der Waals surface area contributed by atoms with Crippen molar-refractivity contribution in [3.05, 3.63) is 52.8 Å². The van der Waals surface area contributed by atoms with Gasteiger partial charge in [0.05, 0.1) is 31.4 Å². The van der Waals surface area contributed by atoms with Gasteiger partial charge >= 0.3 is 5.97 Å². The van der Waals surface area contributed by atoms with Crippen molar-refractivity contribution in [2.45, 2.75) is 6.92 Å². The van der Waals surface area contributed by atoms with Crippen LogP contribution in [0.4, 0.5) is 0 Å². The summed E-state index contributed by atoms with van der Waals surface area (Å²) >= 11 is 7.37. The van der Waals surface area contributed by atoms with Gasteiger partial charge in [-0.05, 0) is 19.1 Å². The number of hydrogen-bond donors (Lipinski definition) is 0. The molecule has 0 aliphatic carbocycles. The van der Waals surface area contributed by atoms with Gasteiger partial charge in [-0.3, -0.25) is 4.40 Å². The fraction of sp³-hybridized carbons (Fsp3) is 0.176. The number of nitrogens with zero attached hydrogens (tertiary/aromatic N) is 2. The number of hydrogen-bond acceptors (Lipinski definition) is 5. The molecule has 3 aromatic rings. The maximum Gasteiger partial charge on any atom is 0.343 e. The van der Waals surface area contributed by atoms with Gasteiger partial charge in [-0.15, -0.1) is 11.3 Å². The van der Waals surface area contributed by atoms with Crippen LogP contribution in [0.2, 0.25) is 5.02 Å². The average Bonchev–Trinajstić information content (AvgIpc) is 3.14. The highest BCUT2D eigenvalue weighted by Gasteiger charge is 2.19. The van der Waals surface area contributed by atoms with E-state index >= 15 is 0 Å². The molecule has 7 heteroatoms. The van der Waals surface area contributed by atoms with Crippen molar-refractivity contribution < 1.29 is 14.3 Å². The summed E-state index contributed by atoms with van der Waals surface area (Å²) in [7, 11) is 1.50. The first-order valence-corrected chi connectivity index (χ1v) is 8.52. The summed E-state index contributed by atoms with van der Waals surface area (Å²) in [6, 6.07) is 7.46. The number of esters is 1. The highest BCUT2D eigenvalue weighted by atomic mass is 35.5. The molecule has 0 fully saturated rings. The Labute approximate surface area is 148 Å². The van der Waals surface area contributed by atoms with Gasteiger partial charge in [0.1, 0.15) is 5.57 Å². The number of ether oxygens (including phenoxy) is 2. The van der Waals surface area contributed by atoms with E-state index < -0.39 is 5.97 Å². The number of halogens is 1. The molecule has 2 aromatic heterocycles. The van der Waals surface area contributed by atoms with Gasteiger partial charge in [-0.25, -0.2) is 9.78 Å². The van der Waals surface area contributed by atoms with Gasteiger partial charge in [0.2, 0.25) is 0 Å². The predicted molar refractivity (Wildman–Crippen MR) is 95.1 cm³/mol. The second-order valence-electron chi connectivity index (χ2n) is 4.89. The summed E-state index contributed by atoms with van der Waals surface area (Å²) < 4.78 is 12.0. The number of benzene rings is 1. The lowest BCUT2D eigenvalue weighted by Crippen LogP contribution is -2.08. The molecular formula is C17H15ClN2O3S. The highest BCUT2D eigenvalue weighted by Crippen LogP contribution is 2.28. The quantitative estimate of drug-likeness (QED) is 0.386. The Morgan fingerprint density at radius 2 is 2.12 bits per heavy atom. The molecule has 24 heavy (non-hydrogen) atoms. The van der Waals surface area contributed by atoms with Crippen LogP contribution in [-0.2, 0) is 14.3 Å². The normalized spacial score (nSPS) is 11.7. The molecule has 3 rings (SSSR count). The van der Waals surface area contributed by atoms with Crippen LogP contribution >= 0.6 is 22.9 Å². The van der Waals surface area contributed by atoms with Crippen LogP contribution in [0.3, 0.4) is 0 Å². The van der Waals surface area contributed by atoms with Crippen molar-refractivity contribution in [1.82, 2.24) is 9.38 Å². The maximum atomic E-state index is 12.2. The van der Waals surface area contributed by atoms with E-state index in [0.29, 0.717) is 22.9 Å². The van der Waals surface area contributed by atoms with E-state index in [-0.39, 0.29) is 0 Å². The molecule has 124 valence electrons. The minimum atomic E-state index is -0.430. The third kappa shape index (κ3) is 3.16. The van der Waals surface area contributed by atoms with E-state index in [0.717, 1.165) is 16.2 Å². The second-order valence-corrected chi connectivity index (χ2v) is 6.17. The molecule has 0 radical (unpaired) electrons. The summed E-state index contributed by atoms with van der Waals surface area (Å²) in [5.74, 6) is -0.430. The minimum absolute atomic E-state index is 0.299. The number of carbonyl (C=O) groups excluding carboxylic acids is 1. The molecule has 2 heterocycles. The lowest BCUT2D eigenvalue weighted by Gasteiger charge is -2.05. The Kier molecular flexibility index (Phi) is 4.87. The number of rotatable bonds is 5. The number of methoxy groups -OCH3 is 1. The molecule has 0 amide bonds. The first-order chi connectivity index (χ1) is 11.6. The monoisotopic (exact) mass is 362 g/mol. The summed E-state index contributed by atoms with van der Waals surface area (Å²) in [5.41, 5.74) is 2.80. The molecule has 0 unspecified atom stereocenters. The van der Waals surface area contributed by atoms with E-state index in [2.05, 4.69) is 4.98 Å². The zero-order chi connectivity index (χ0) is 17.1. The summed E-state index contributed by atoms with van der Waals surface area (Å²) in [6.45, 7) is 2.06. The van der Waals surface area contributed by atoms with Crippen LogP contribution in [-0.4, -0.2) is 29.1 Å². The molecule has 0 aliphatic rings. The van der Waals surface area contributed by atoms with Crippen LogP contribution in [0.1, 0.15) is 12.6 Å². The van der Waals surface area contributed by atoms with Crippen LogP contribution in [0.15, 0.2) is 42.1 Å². The Hall–Kier alpha value is -2.31. The molecular weight excluding hydrogens is 348 g/mol. The minimum Gasteiger partial charge on any atom is -0.503 e. The van der Waals surface area contributed by atoms with Gasteiger partial charge in [-0.1, -0.05) is 23.7 Å². The lowest BCUT2D eigenvalue weighted by molar-refractivity contribution is -0.136. The van der Waals surface area contributed by atoms with Crippen molar-refractivity contribution >= 4 is 39.4 Å². The maximum absolute atomic E-state index is 12.2. The number of fused-ring (bicyclic) bond motifs is 1. The first-order valence-electron chi connectivity index (χ1n) is 7.27. The smallest absolute Gasteiger partial charge is 0.343 e. The van der Waals surface area contributed by atoms with Gasteiger partial charge in [0.15, 0.2) is 4.96 Å². The molecule has 0 saturated carbocycles. The average molecular weight is 363 g/mol. The molecule has 0 N–H and O–H groups in total.